The van der Waals surface area contributed by atoms with Crippen LogP contribution >= 0.6 is 0 Å². The van der Waals surface area contributed by atoms with Gasteiger partial charge in [-0.05, 0) is 36.5 Å². The summed E-state index contributed by atoms with van der Waals surface area (Å²) in [6.45, 7) is 5.91. The van der Waals surface area contributed by atoms with E-state index in [0.29, 0.717) is 6.04 Å². The van der Waals surface area contributed by atoms with Crippen LogP contribution in [0.1, 0.15) is 18.8 Å². The second-order valence-corrected chi connectivity index (χ2v) is 6.37. The third-order valence-electron chi connectivity index (χ3n) is 5.02. The first-order chi connectivity index (χ1) is 11.2. The molecule has 0 bridgehead atoms. The number of fused-ring (bicyclic) bond motifs is 1. The third-order valence-corrected chi connectivity index (χ3v) is 5.02. The van der Waals surface area contributed by atoms with E-state index in [4.69, 9.17) is 4.74 Å². The Hall–Kier alpha value is -1.83. The molecule has 0 N–H and O–H groups in total. The van der Waals surface area contributed by atoms with Crippen molar-refractivity contribution in [1.82, 2.24) is 30.0 Å². The summed E-state index contributed by atoms with van der Waals surface area (Å²) < 4.78 is 7.77. The molecular weight excluding hydrogens is 292 g/mol. The van der Waals surface area contributed by atoms with E-state index in [-0.39, 0.29) is 12.1 Å². The number of benzene rings is 1. The summed E-state index contributed by atoms with van der Waals surface area (Å²) in [7, 11) is 2.18. The highest BCUT2D eigenvalue weighted by atomic mass is 16.5. The van der Waals surface area contributed by atoms with Crippen molar-refractivity contribution in [3.63, 3.8) is 0 Å². The van der Waals surface area contributed by atoms with E-state index in [2.05, 4.69) is 39.3 Å². The Bertz CT molecular complexity index is 660. The summed E-state index contributed by atoms with van der Waals surface area (Å²) in [5.41, 5.74) is 0.990. The molecule has 2 fully saturated rings. The van der Waals surface area contributed by atoms with E-state index >= 15 is 0 Å². The lowest BCUT2D eigenvalue weighted by atomic mass is 10.1. The van der Waals surface area contributed by atoms with Gasteiger partial charge in [0.1, 0.15) is 0 Å². The standard InChI is InChI=1S/C16H22N6O/c1-12(21-10-14-15(11-21)23-9-8-20(14)2)16-17-18-19-22(16)13-6-4-3-5-7-13/h3-7,12,14-15H,8-11H2,1-2H3/t12-,14+,15-/m1/s1. The Labute approximate surface area is 135 Å². The molecule has 0 radical (unpaired) electrons. The first-order valence-electron chi connectivity index (χ1n) is 8.13. The average molecular weight is 314 g/mol. The molecule has 7 heteroatoms. The Morgan fingerprint density at radius 1 is 1.22 bits per heavy atom. The summed E-state index contributed by atoms with van der Waals surface area (Å²) in [5.74, 6) is 0.873. The number of likely N-dealkylation sites (tertiary alicyclic amines) is 1. The summed E-state index contributed by atoms with van der Waals surface area (Å²) in [6, 6.07) is 10.6. The highest BCUT2D eigenvalue weighted by molar-refractivity contribution is 5.31. The number of tetrazole rings is 1. The Morgan fingerprint density at radius 3 is 2.83 bits per heavy atom. The molecule has 7 nitrogen and oxygen atoms in total. The average Bonchev–Trinajstić information content (AvgIpc) is 3.23. The van der Waals surface area contributed by atoms with Gasteiger partial charge >= 0.3 is 0 Å². The van der Waals surface area contributed by atoms with Gasteiger partial charge in [0.15, 0.2) is 5.82 Å². The van der Waals surface area contributed by atoms with Crippen LogP contribution in [0.4, 0.5) is 0 Å². The summed E-state index contributed by atoms with van der Waals surface area (Å²) >= 11 is 0. The minimum Gasteiger partial charge on any atom is -0.374 e. The van der Waals surface area contributed by atoms with Crippen LogP contribution < -0.4 is 0 Å². The molecule has 4 rings (SSSR count). The Balaban J connectivity index is 1.57. The van der Waals surface area contributed by atoms with Gasteiger partial charge in [-0.25, -0.2) is 0 Å². The van der Waals surface area contributed by atoms with Crippen molar-refractivity contribution < 1.29 is 4.74 Å². The molecule has 3 atom stereocenters. The maximum absolute atomic E-state index is 5.94. The highest BCUT2D eigenvalue weighted by Crippen LogP contribution is 2.29. The Kier molecular flexibility index (Phi) is 3.84. The van der Waals surface area contributed by atoms with Gasteiger partial charge < -0.3 is 4.74 Å². The first-order valence-corrected chi connectivity index (χ1v) is 8.13. The number of aromatic nitrogens is 4. The predicted molar refractivity (Wildman–Crippen MR) is 85.3 cm³/mol. The number of morpholine rings is 1. The van der Waals surface area contributed by atoms with E-state index in [9.17, 15) is 0 Å². The number of rotatable bonds is 3. The fourth-order valence-corrected chi connectivity index (χ4v) is 3.57. The fraction of sp³-hybridized carbons (Fsp3) is 0.562. The van der Waals surface area contributed by atoms with E-state index in [0.717, 1.165) is 37.8 Å². The van der Waals surface area contributed by atoms with Crippen molar-refractivity contribution in [2.45, 2.75) is 25.1 Å². The van der Waals surface area contributed by atoms with Crippen LogP contribution in [0.5, 0.6) is 0 Å². The smallest absolute Gasteiger partial charge is 0.173 e. The molecule has 122 valence electrons. The van der Waals surface area contributed by atoms with Gasteiger partial charge in [0.25, 0.3) is 0 Å². The van der Waals surface area contributed by atoms with E-state index in [1.165, 1.54) is 0 Å². The van der Waals surface area contributed by atoms with Crippen LogP contribution in [-0.4, -0.2) is 75.4 Å². The van der Waals surface area contributed by atoms with Crippen LogP contribution in [0.2, 0.25) is 0 Å². The van der Waals surface area contributed by atoms with E-state index < -0.39 is 0 Å². The SMILES string of the molecule is C[C@H](c1nnnn1-c1ccccc1)N1C[C@H]2OCCN(C)[C@H]2C1. The molecule has 1 aromatic heterocycles. The lowest BCUT2D eigenvalue weighted by Gasteiger charge is -2.33. The fourth-order valence-electron chi connectivity index (χ4n) is 3.57. The van der Waals surface area contributed by atoms with Crippen molar-refractivity contribution >= 4 is 0 Å². The normalized spacial score (nSPS) is 27.0. The Morgan fingerprint density at radius 2 is 2.04 bits per heavy atom. The monoisotopic (exact) mass is 314 g/mol. The zero-order chi connectivity index (χ0) is 15.8. The molecule has 0 aliphatic carbocycles. The molecular formula is C16H22N6O. The van der Waals surface area contributed by atoms with Gasteiger partial charge in [-0.15, -0.1) is 5.10 Å². The first kappa shape index (κ1) is 14.7. The maximum Gasteiger partial charge on any atom is 0.173 e. The summed E-state index contributed by atoms with van der Waals surface area (Å²) in [5, 5.41) is 12.3. The lowest BCUT2D eigenvalue weighted by Crippen LogP contribution is -2.48. The minimum absolute atomic E-state index is 0.146. The van der Waals surface area contributed by atoms with Gasteiger partial charge in [0, 0.05) is 25.7 Å². The number of para-hydroxylation sites is 1. The van der Waals surface area contributed by atoms with Crippen LogP contribution in [0.15, 0.2) is 30.3 Å². The number of likely N-dealkylation sites (N-methyl/N-ethyl adjacent to an activating group) is 1. The second-order valence-electron chi connectivity index (χ2n) is 6.37. The second kappa shape index (κ2) is 5.99. The molecule has 2 saturated heterocycles. The van der Waals surface area contributed by atoms with E-state index in [1.54, 1.807) is 0 Å². The minimum atomic E-state index is 0.146. The third kappa shape index (κ3) is 2.65. The van der Waals surface area contributed by atoms with Crippen molar-refractivity contribution in [3.05, 3.63) is 36.2 Å². The van der Waals surface area contributed by atoms with Crippen molar-refractivity contribution in [2.75, 3.05) is 33.3 Å². The quantitative estimate of drug-likeness (QED) is 0.833. The molecule has 2 aromatic rings. The van der Waals surface area contributed by atoms with Crippen LogP contribution in [0.3, 0.4) is 0 Å². The van der Waals surface area contributed by atoms with Crippen LogP contribution in [0, 0.1) is 0 Å². The van der Waals surface area contributed by atoms with Gasteiger partial charge in [-0.3, -0.25) is 9.80 Å². The van der Waals surface area contributed by atoms with Crippen molar-refractivity contribution in [2.24, 2.45) is 0 Å². The maximum atomic E-state index is 5.94. The topological polar surface area (TPSA) is 59.3 Å². The summed E-state index contributed by atoms with van der Waals surface area (Å²) in [6.07, 6.45) is 0.289. The highest BCUT2D eigenvalue weighted by Gasteiger charge is 2.41. The van der Waals surface area contributed by atoms with Crippen molar-refractivity contribution in [1.29, 1.82) is 0 Å². The number of ether oxygens (including phenoxy) is 1. The number of nitrogens with zero attached hydrogens (tertiary/aromatic N) is 6. The zero-order valence-corrected chi connectivity index (χ0v) is 13.5. The number of hydrogen-bond acceptors (Lipinski definition) is 6. The van der Waals surface area contributed by atoms with Gasteiger partial charge in [0.2, 0.25) is 0 Å². The largest absolute Gasteiger partial charge is 0.374 e. The van der Waals surface area contributed by atoms with E-state index in [1.807, 2.05) is 35.0 Å². The molecule has 23 heavy (non-hydrogen) atoms. The molecule has 2 aliphatic heterocycles. The van der Waals surface area contributed by atoms with Gasteiger partial charge in [0.05, 0.1) is 24.4 Å². The molecule has 2 aliphatic rings. The molecule has 1 aromatic carbocycles. The predicted octanol–water partition coefficient (Wildman–Crippen LogP) is 0.738. The van der Waals surface area contributed by atoms with Gasteiger partial charge in [-0.1, -0.05) is 18.2 Å². The molecule has 0 spiro atoms. The van der Waals surface area contributed by atoms with Crippen molar-refractivity contribution in [3.8, 4) is 5.69 Å². The molecule has 0 saturated carbocycles. The molecule has 0 unspecified atom stereocenters. The number of hydrogen-bond donors (Lipinski definition) is 0. The molecule has 0 amide bonds. The van der Waals surface area contributed by atoms with Gasteiger partial charge in [-0.2, -0.15) is 4.68 Å². The summed E-state index contributed by atoms with van der Waals surface area (Å²) in [4.78, 5) is 4.82. The zero-order valence-electron chi connectivity index (χ0n) is 13.5. The van der Waals surface area contributed by atoms with Crippen LogP contribution in [-0.2, 0) is 4.74 Å². The lowest BCUT2D eigenvalue weighted by molar-refractivity contribution is -0.0372. The van der Waals surface area contributed by atoms with Crippen LogP contribution in [0.25, 0.3) is 5.69 Å². The molecule has 3 heterocycles.